The van der Waals surface area contributed by atoms with Crippen molar-refractivity contribution in [3.8, 4) is 11.5 Å². The zero-order chi connectivity index (χ0) is 17.2. The summed E-state index contributed by atoms with van der Waals surface area (Å²) < 4.78 is 12.1. The summed E-state index contributed by atoms with van der Waals surface area (Å²) in [6.07, 6.45) is 6.99. The molecule has 0 bridgehead atoms. The van der Waals surface area contributed by atoms with Crippen LogP contribution in [0, 0.1) is 0 Å². The lowest BCUT2D eigenvalue weighted by atomic mass is 9.89. The molecule has 0 spiro atoms. The Balaban J connectivity index is 1.45. The molecule has 0 fully saturated rings. The zero-order valence-corrected chi connectivity index (χ0v) is 15.4. The molecular formula is C23H28O2. The molecule has 0 amide bonds. The highest BCUT2D eigenvalue weighted by atomic mass is 16.5. The van der Waals surface area contributed by atoms with Gasteiger partial charge in [-0.15, -0.1) is 0 Å². The number of ether oxygens (including phenoxy) is 2. The largest absolute Gasteiger partial charge is 0.493 e. The first kappa shape index (κ1) is 16.5. The molecule has 0 saturated carbocycles. The SMILES string of the molecule is CCc1ccc2c(c1)OC(CC(C)c1ccc3c(c1)CCCO3)CC2. The number of hydrogen-bond acceptors (Lipinski definition) is 2. The molecule has 25 heavy (non-hydrogen) atoms. The van der Waals surface area contributed by atoms with Gasteiger partial charge in [0.15, 0.2) is 0 Å². The van der Waals surface area contributed by atoms with Crippen molar-refractivity contribution in [1.29, 1.82) is 0 Å². The van der Waals surface area contributed by atoms with Gasteiger partial charge in [0.25, 0.3) is 0 Å². The topological polar surface area (TPSA) is 18.5 Å². The van der Waals surface area contributed by atoms with Crippen LogP contribution in [-0.2, 0) is 19.3 Å². The monoisotopic (exact) mass is 336 g/mol. The number of hydrogen-bond donors (Lipinski definition) is 0. The molecule has 2 aliphatic rings. The van der Waals surface area contributed by atoms with Crippen molar-refractivity contribution < 1.29 is 9.47 Å². The molecule has 132 valence electrons. The van der Waals surface area contributed by atoms with Crippen molar-refractivity contribution in [3.05, 3.63) is 58.7 Å². The van der Waals surface area contributed by atoms with Gasteiger partial charge in [0.1, 0.15) is 11.5 Å². The second-order valence-electron chi connectivity index (χ2n) is 7.53. The maximum absolute atomic E-state index is 6.35. The summed E-state index contributed by atoms with van der Waals surface area (Å²) in [5.74, 6) is 2.70. The lowest BCUT2D eigenvalue weighted by molar-refractivity contribution is 0.156. The van der Waals surface area contributed by atoms with E-state index < -0.39 is 0 Å². The molecule has 2 unspecified atom stereocenters. The van der Waals surface area contributed by atoms with E-state index in [0.29, 0.717) is 12.0 Å². The molecular weight excluding hydrogens is 308 g/mol. The molecule has 4 rings (SSSR count). The van der Waals surface area contributed by atoms with E-state index in [0.717, 1.165) is 56.6 Å². The molecule has 0 aliphatic carbocycles. The maximum Gasteiger partial charge on any atom is 0.123 e. The van der Waals surface area contributed by atoms with Crippen molar-refractivity contribution in [2.24, 2.45) is 0 Å². The van der Waals surface area contributed by atoms with Crippen LogP contribution in [0.5, 0.6) is 11.5 Å². The number of rotatable bonds is 4. The van der Waals surface area contributed by atoms with Crippen molar-refractivity contribution in [2.45, 2.75) is 64.4 Å². The minimum atomic E-state index is 0.321. The lowest BCUT2D eigenvalue weighted by Gasteiger charge is -2.29. The highest BCUT2D eigenvalue weighted by Crippen LogP contribution is 2.34. The molecule has 2 heterocycles. The van der Waals surface area contributed by atoms with Gasteiger partial charge in [-0.1, -0.05) is 38.1 Å². The Morgan fingerprint density at radius 2 is 1.96 bits per heavy atom. The number of aryl methyl sites for hydroxylation is 3. The van der Waals surface area contributed by atoms with Crippen molar-refractivity contribution in [3.63, 3.8) is 0 Å². The van der Waals surface area contributed by atoms with Crippen molar-refractivity contribution in [1.82, 2.24) is 0 Å². The van der Waals surface area contributed by atoms with E-state index >= 15 is 0 Å². The first-order valence-electron chi connectivity index (χ1n) is 9.77. The number of fused-ring (bicyclic) bond motifs is 2. The van der Waals surface area contributed by atoms with E-state index in [1.54, 1.807) is 0 Å². The Morgan fingerprint density at radius 3 is 2.84 bits per heavy atom. The van der Waals surface area contributed by atoms with E-state index in [1.807, 2.05) is 0 Å². The van der Waals surface area contributed by atoms with Gasteiger partial charge < -0.3 is 9.47 Å². The summed E-state index contributed by atoms with van der Waals surface area (Å²) in [4.78, 5) is 0. The predicted octanol–water partition coefficient (Wildman–Crippen LogP) is 5.46. The summed E-state index contributed by atoms with van der Waals surface area (Å²) in [6, 6.07) is 13.5. The van der Waals surface area contributed by atoms with Crippen LogP contribution in [0.2, 0.25) is 0 Å². The molecule has 0 N–H and O–H groups in total. The second-order valence-corrected chi connectivity index (χ2v) is 7.53. The van der Waals surface area contributed by atoms with Crippen molar-refractivity contribution >= 4 is 0 Å². The average Bonchev–Trinajstić information content (AvgIpc) is 2.67. The van der Waals surface area contributed by atoms with Crippen LogP contribution in [0.4, 0.5) is 0 Å². The Morgan fingerprint density at radius 1 is 1.04 bits per heavy atom. The molecule has 2 aromatic carbocycles. The van der Waals surface area contributed by atoms with E-state index in [-0.39, 0.29) is 0 Å². The molecule has 0 aromatic heterocycles. The van der Waals surface area contributed by atoms with Gasteiger partial charge in [-0.05, 0) is 78.8 Å². The molecule has 0 radical (unpaired) electrons. The molecule has 2 aromatic rings. The minimum absolute atomic E-state index is 0.321. The predicted molar refractivity (Wildman–Crippen MR) is 102 cm³/mol. The summed E-state index contributed by atoms with van der Waals surface area (Å²) in [7, 11) is 0. The standard InChI is InChI=1S/C23H28O2/c1-3-17-6-7-18-8-10-21(25-23(18)14-17)13-16(2)19-9-11-22-20(15-19)5-4-12-24-22/h6-7,9,11,14-16,21H,3-5,8,10,12-13H2,1-2H3. The molecule has 0 saturated heterocycles. The van der Waals surface area contributed by atoms with E-state index in [1.165, 1.54) is 22.3 Å². The van der Waals surface area contributed by atoms with Gasteiger partial charge in [-0.3, -0.25) is 0 Å². The van der Waals surface area contributed by atoms with E-state index in [2.05, 4.69) is 50.2 Å². The molecule has 2 aliphatic heterocycles. The third-order valence-electron chi connectivity index (χ3n) is 5.69. The summed E-state index contributed by atoms with van der Waals surface area (Å²) >= 11 is 0. The third kappa shape index (κ3) is 3.53. The average molecular weight is 336 g/mol. The van der Waals surface area contributed by atoms with Gasteiger partial charge in [0.05, 0.1) is 12.7 Å². The smallest absolute Gasteiger partial charge is 0.123 e. The van der Waals surface area contributed by atoms with Crippen LogP contribution in [0.25, 0.3) is 0 Å². The van der Waals surface area contributed by atoms with Crippen LogP contribution < -0.4 is 9.47 Å². The summed E-state index contributed by atoms with van der Waals surface area (Å²) in [5.41, 5.74) is 5.52. The van der Waals surface area contributed by atoms with E-state index in [4.69, 9.17) is 9.47 Å². The maximum atomic E-state index is 6.35. The quantitative estimate of drug-likeness (QED) is 0.738. The van der Waals surface area contributed by atoms with E-state index in [9.17, 15) is 0 Å². The summed E-state index contributed by atoms with van der Waals surface area (Å²) in [5, 5.41) is 0. The Kier molecular flexibility index (Phi) is 4.70. The van der Waals surface area contributed by atoms with Crippen LogP contribution in [0.1, 0.15) is 61.3 Å². The normalized spacial score (nSPS) is 20.0. The molecule has 2 nitrogen and oxygen atoms in total. The van der Waals surface area contributed by atoms with Crippen molar-refractivity contribution in [2.75, 3.05) is 6.61 Å². The Labute approximate surface area is 151 Å². The van der Waals surface area contributed by atoms with Crippen LogP contribution >= 0.6 is 0 Å². The minimum Gasteiger partial charge on any atom is -0.493 e. The first-order valence-corrected chi connectivity index (χ1v) is 9.77. The van der Waals surface area contributed by atoms with Gasteiger partial charge in [0, 0.05) is 0 Å². The highest BCUT2D eigenvalue weighted by Gasteiger charge is 2.23. The van der Waals surface area contributed by atoms with Crippen LogP contribution in [-0.4, -0.2) is 12.7 Å². The molecule has 2 atom stereocenters. The van der Waals surface area contributed by atoms with Gasteiger partial charge in [0.2, 0.25) is 0 Å². The van der Waals surface area contributed by atoms with Crippen LogP contribution in [0.15, 0.2) is 36.4 Å². The second kappa shape index (κ2) is 7.11. The first-order chi connectivity index (χ1) is 12.2. The number of benzene rings is 2. The van der Waals surface area contributed by atoms with Gasteiger partial charge >= 0.3 is 0 Å². The summed E-state index contributed by atoms with van der Waals surface area (Å²) in [6.45, 7) is 5.38. The molecule has 2 heteroatoms. The zero-order valence-electron chi connectivity index (χ0n) is 15.4. The fraction of sp³-hybridized carbons (Fsp3) is 0.478. The van der Waals surface area contributed by atoms with Gasteiger partial charge in [-0.25, -0.2) is 0 Å². The Bertz CT molecular complexity index is 750. The third-order valence-corrected chi connectivity index (χ3v) is 5.69. The van der Waals surface area contributed by atoms with Crippen LogP contribution in [0.3, 0.4) is 0 Å². The lowest BCUT2D eigenvalue weighted by Crippen LogP contribution is -2.24. The van der Waals surface area contributed by atoms with Gasteiger partial charge in [-0.2, -0.15) is 0 Å². The highest BCUT2D eigenvalue weighted by molar-refractivity contribution is 5.41. The Hall–Kier alpha value is -1.96. The fourth-order valence-electron chi connectivity index (χ4n) is 4.07. The fourth-order valence-corrected chi connectivity index (χ4v) is 4.07.